The summed E-state index contributed by atoms with van der Waals surface area (Å²) in [6.45, 7) is 5.24. The molecule has 1 N–H and O–H groups in total. The Bertz CT molecular complexity index is 943. The first kappa shape index (κ1) is 19.2. The molecule has 0 radical (unpaired) electrons. The van der Waals surface area contributed by atoms with Gasteiger partial charge in [0.2, 0.25) is 5.95 Å². The van der Waals surface area contributed by atoms with E-state index in [9.17, 15) is 9.59 Å². The van der Waals surface area contributed by atoms with Crippen molar-refractivity contribution in [1.82, 2.24) is 19.7 Å². The van der Waals surface area contributed by atoms with Gasteiger partial charge in [0.25, 0.3) is 5.91 Å². The number of benzene rings is 1. The van der Waals surface area contributed by atoms with E-state index in [2.05, 4.69) is 15.4 Å². The zero-order chi connectivity index (χ0) is 20.4. The van der Waals surface area contributed by atoms with Crippen LogP contribution in [-0.2, 0) is 9.59 Å². The molecule has 2 aromatic rings. The molecular weight excluding hydrogens is 370 g/mol. The maximum atomic E-state index is 12.7. The first-order chi connectivity index (χ1) is 14.1. The maximum absolute atomic E-state index is 12.7. The molecular formula is C21H25N5O3. The number of ether oxygens (including phenoxy) is 1. The molecule has 1 amide bonds. The summed E-state index contributed by atoms with van der Waals surface area (Å²) < 4.78 is 7.41. The molecule has 1 aromatic heterocycles. The molecule has 0 saturated carbocycles. The van der Waals surface area contributed by atoms with E-state index < -0.39 is 0 Å². The number of allylic oxidation sites excluding steroid dienone is 2. The van der Waals surface area contributed by atoms with Gasteiger partial charge < -0.3 is 15.0 Å². The number of Topliss-reactive ketones (excluding diaryl/α,β-unsaturated/α-hetero) is 1. The summed E-state index contributed by atoms with van der Waals surface area (Å²) >= 11 is 0. The predicted octanol–water partition coefficient (Wildman–Crippen LogP) is 2.55. The van der Waals surface area contributed by atoms with E-state index >= 15 is 0 Å². The van der Waals surface area contributed by atoms with Gasteiger partial charge in [0, 0.05) is 30.8 Å². The van der Waals surface area contributed by atoms with E-state index in [-0.39, 0.29) is 24.3 Å². The Morgan fingerprint density at radius 2 is 2.00 bits per heavy atom. The van der Waals surface area contributed by atoms with Crippen LogP contribution in [0, 0.1) is 0 Å². The van der Waals surface area contributed by atoms with Gasteiger partial charge in [0.1, 0.15) is 18.1 Å². The van der Waals surface area contributed by atoms with Crippen molar-refractivity contribution in [3.63, 3.8) is 0 Å². The number of amides is 1. The van der Waals surface area contributed by atoms with Crippen LogP contribution in [0.4, 0.5) is 5.95 Å². The molecule has 0 saturated heterocycles. The molecule has 29 heavy (non-hydrogen) atoms. The van der Waals surface area contributed by atoms with Crippen LogP contribution in [0.15, 0.2) is 41.9 Å². The van der Waals surface area contributed by atoms with Crippen molar-refractivity contribution < 1.29 is 14.3 Å². The molecule has 8 heteroatoms. The Morgan fingerprint density at radius 3 is 2.72 bits per heavy atom. The fraction of sp³-hybridized carbons (Fsp3) is 0.429. The molecule has 152 valence electrons. The highest BCUT2D eigenvalue weighted by Crippen LogP contribution is 2.39. The maximum Gasteiger partial charge on any atom is 0.260 e. The van der Waals surface area contributed by atoms with Gasteiger partial charge in [0.15, 0.2) is 12.4 Å². The number of fused-ring (bicyclic) bond motifs is 1. The minimum atomic E-state index is -0.303. The van der Waals surface area contributed by atoms with Gasteiger partial charge in [-0.3, -0.25) is 9.59 Å². The molecule has 1 atom stereocenters. The molecule has 2 heterocycles. The summed E-state index contributed by atoms with van der Waals surface area (Å²) in [5.74, 6) is 1.38. The number of hydrogen-bond donors (Lipinski definition) is 1. The Morgan fingerprint density at radius 1 is 1.24 bits per heavy atom. The van der Waals surface area contributed by atoms with E-state index in [1.54, 1.807) is 9.58 Å². The Balaban J connectivity index is 1.56. The fourth-order valence-electron chi connectivity index (χ4n) is 3.96. The lowest BCUT2D eigenvalue weighted by molar-refractivity contribution is -0.133. The number of aromatic nitrogens is 3. The highest BCUT2D eigenvalue weighted by Gasteiger charge is 2.35. The van der Waals surface area contributed by atoms with Crippen LogP contribution in [0.2, 0.25) is 0 Å². The molecule has 0 spiro atoms. The van der Waals surface area contributed by atoms with Crippen molar-refractivity contribution in [3.8, 4) is 5.75 Å². The summed E-state index contributed by atoms with van der Waals surface area (Å²) in [7, 11) is 0. The zero-order valence-electron chi connectivity index (χ0n) is 16.7. The van der Waals surface area contributed by atoms with Crippen molar-refractivity contribution >= 4 is 17.6 Å². The largest absolute Gasteiger partial charge is 0.484 e. The van der Waals surface area contributed by atoms with Crippen molar-refractivity contribution in [1.29, 1.82) is 0 Å². The summed E-state index contributed by atoms with van der Waals surface area (Å²) in [5.41, 5.74) is 2.64. The molecule has 2 aliphatic rings. The van der Waals surface area contributed by atoms with Crippen LogP contribution in [-0.4, -0.2) is 51.1 Å². The minimum Gasteiger partial charge on any atom is -0.484 e. The van der Waals surface area contributed by atoms with Crippen molar-refractivity contribution in [2.75, 3.05) is 25.0 Å². The van der Waals surface area contributed by atoms with Crippen LogP contribution in [0.5, 0.6) is 5.75 Å². The SMILES string of the molecule is CCN(CC)C(=O)COc1ccc([C@@H]2C3=C(CCCC3=O)Nc3ncnn32)cc1. The van der Waals surface area contributed by atoms with Gasteiger partial charge in [0.05, 0.1) is 0 Å². The van der Waals surface area contributed by atoms with Crippen molar-refractivity contribution in [2.24, 2.45) is 0 Å². The van der Waals surface area contributed by atoms with Crippen LogP contribution in [0.1, 0.15) is 44.7 Å². The summed E-state index contributed by atoms with van der Waals surface area (Å²) in [4.78, 5) is 30.8. The molecule has 1 aromatic carbocycles. The number of rotatable bonds is 6. The second-order valence-electron chi connectivity index (χ2n) is 7.15. The van der Waals surface area contributed by atoms with E-state index in [0.29, 0.717) is 31.2 Å². The monoisotopic (exact) mass is 395 g/mol. The molecule has 8 nitrogen and oxygen atoms in total. The van der Waals surface area contributed by atoms with Gasteiger partial charge in [-0.05, 0) is 44.4 Å². The third kappa shape index (κ3) is 3.62. The van der Waals surface area contributed by atoms with E-state index in [1.807, 2.05) is 38.1 Å². The van der Waals surface area contributed by atoms with Gasteiger partial charge in [-0.2, -0.15) is 10.1 Å². The number of likely N-dealkylation sites (N-methyl/N-ethyl adjacent to an activating group) is 1. The lowest BCUT2D eigenvalue weighted by Crippen LogP contribution is -2.34. The number of nitrogens with one attached hydrogen (secondary N) is 1. The number of carbonyl (C=O) groups excluding carboxylic acids is 2. The summed E-state index contributed by atoms with van der Waals surface area (Å²) in [6, 6.07) is 7.20. The lowest BCUT2D eigenvalue weighted by atomic mass is 9.85. The molecule has 4 rings (SSSR count). The summed E-state index contributed by atoms with van der Waals surface area (Å²) in [6.07, 6.45) is 3.72. The van der Waals surface area contributed by atoms with Crippen molar-refractivity contribution in [2.45, 2.75) is 39.2 Å². The standard InChI is InChI=1S/C21H25N5O3/c1-3-25(4-2)18(28)12-29-15-10-8-14(9-11-15)20-19-16(6-5-7-17(19)27)24-21-22-13-23-26(20)21/h8-11,13,20H,3-7,12H2,1-2H3,(H,22,23,24)/t20-/m1/s1. The van der Waals surface area contributed by atoms with Crippen LogP contribution in [0.25, 0.3) is 0 Å². The Kier molecular flexibility index (Phi) is 5.33. The molecule has 1 aliphatic carbocycles. The topological polar surface area (TPSA) is 89.3 Å². The Hall–Kier alpha value is -3.16. The second-order valence-corrected chi connectivity index (χ2v) is 7.15. The minimum absolute atomic E-state index is 0.00931. The van der Waals surface area contributed by atoms with Crippen molar-refractivity contribution in [3.05, 3.63) is 47.4 Å². The second kappa shape index (κ2) is 8.06. The average molecular weight is 395 g/mol. The fourth-order valence-corrected chi connectivity index (χ4v) is 3.96. The highest BCUT2D eigenvalue weighted by molar-refractivity contribution is 5.99. The quantitative estimate of drug-likeness (QED) is 0.809. The smallest absolute Gasteiger partial charge is 0.260 e. The zero-order valence-corrected chi connectivity index (χ0v) is 16.7. The van der Waals surface area contributed by atoms with E-state index in [1.165, 1.54) is 6.33 Å². The van der Waals surface area contributed by atoms with Gasteiger partial charge in [-0.15, -0.1) is 0 Å². The number of hydrogen-bond acceptors (Lipinski definition) is 6. The van der Waals surface area contributed by atoms with Crippen LogP contribution in [0.3, 0.4) is 0 Å². The number of nitrogens with zero attached hydrogens (tertiary/aromatic N) is 4. The first-order valence-electron chi connectivity index (χ1n) is 10.1. The van der Waals surface area contributed by atoms with Gasteiger partial charge >= 0.3 is 0 Å². The number of ketones is 1. The first-order valence-corrected chi connectivity index (χ1v) is 10.1. The highest BCUT2D eigenvalue weighted by atomic mass is 16.5. The number of anilines is 1. The van der Waals surface area contributed by atoms with E-state index in [4.69, 9.17) is 4.74 Å². The van der Waals surface area contributed by atoms with E-state index in [0.717, 1.165) is 29.7 Å². The number of carbonyl (C=O) groups is 2. The lowest BCUT2D eigenvalue weighted by Gasteiger charge is -2.32. The molecule has 1 aliphatic heterocycles. The van der Waals surface area contributed by atoms with Gasteiger partial charge in [-0.25, -0.2) is 4.68 Å². The third-order valence-corrected chi connectivity index (χ3v) is 5.48. The predicted molar refractivity (Wildman–Crippen MR) is 108 cm³/mol. The van der Waals surface area contributed by atoms with Crippen LogP contribution >= 0.6 is 0 Å². The van der Waals surface area contributed by atoms with Gasteiger partial charge in [-0.1, -0.05) is 12.1 Å². The molecule has 0 fully saturated rings. The molecule has 0 bridgehead atoms. The Labute approximate surface area is 169 Å². The third-order valence-electron chi connectivity index (χ3n) is 5.48. The normalized spacial score (nSPS) is 18.0. The average Bonchev–Trinajstić information content (AvgIpc) is 3.20. The van der Waals surface area contributed by atoms with Crippen LogP contribution < -0.4 is 10.1 Å². The molecule has 0 unspecified atom stereocenters. The summed E-state index contributed by atoms with van der Waals surface area (Å²) in [5, 5.41) is 7.59.